The van der Waals surface area contributed by atoms with Crippen LogP contribution in [0.2, 0.25) is 0 Å². The zero-order valence-electron chi connectivity index (χ0n) is 19.4. The number of ether oxygens (including phenoxy) is 1. The molecule has 0 aliphatic carbocycles. The van der Waals surface area contributed by atoms with Crippen molar-refractivity contribution in [2.45, 2.75) is 26.8 Å². The van der Waals surface area contributed by atoms with Crippen molar-refractivity contribution in [3.05, 3.63) is 59.7 Å². The smallest absolute Gasteiger partial charge is 0.251 e. The number of anilines is 1. The molecule has 3 rings (SSSR count). The second-order valence-electron chi connectivity index (χ2n) is 7.77. The first-order chi connectivity index (χ1) is 15.7. The second kappa shape index (κ2) is 12.0. The lowest BCUT2D eigenvalue weighted by molar-refractivity contribution is 0.0953. The Morgan fingerprint density at radius 1 is 1.03 bits per heavy atom. The van der Waals surface area contributed by atoms with Crippen LogP contribution < -0.4 is 20.3 Å². The molecule has 1 saturated heterocycles. The lowest BCUT2D eigenvalue weighted by Gasteiger charge is -2.38. The zero-order valence-corrected chi connectivity index (χ0v) is 19.4. The minimum atomic E-state index is -0.0305. The number of hydrogen-bond donors (Lipinski definition) is 2. The van der Waals surface area contributed by atoms with Crippen molar-refractivity contribution < 1.29 is 9.53 Å². The fourth-order valence-electron chi connectivity index (χ4n) is 3.79. The van der Waals surface area contributed by atoms with E-state index in [0.29, 0.717) is 18.7 Å². The number of guanidine groups is 1. The van der Waals surface area contributed by atoms with E-state index in [2.05, 4.69) is 33.4 Å². The van der Waals surface area contributed by atoms with Crippen LogP contribution in [0, 0.1) is 0 Å². The monoisotopic (exact) mass is 437 g/mol. The molecule has 0 spiro atoms. The summed E-state index contributed by atoms with van der Waals surface area (Å²) < 4.78 is 5.53. The van der Waals surface area contributed by atoms with Gasteiger partial charge in [-0.2, -0.15) is 0 Å². The Labute approximate surface area is 191 Å². The van der Waals surface area contributed by atoms with E-state index in [4.69, 9.17) is 9.73 Å². The fraction of sp³-hybridized carbons (Fsp3) is 0.440. The topological polar surface area (TPSA) is 69.2 Å². The molecular weight excluding hydrogens is 402 g/mol. The van der Waals surface area contributed by atoms with E-state index >= 15 is 0 Å². The SMILES string of the molecule is CCCNC(=O)c1cccc(CN=C(NCC)N2CCN(c3ccccc3OC)CC2)c1. The molecule has 7 nitrogen and oxygen atoms in total. The molecule has 1 fully saturated rings. The van der Waals surface area contributed by atoms with Gasteiger partial charge >= 0.3 is 0 Å². The summed E-state index contributed by atoms with van der Waals surface area (Å²) in [5.74, 6) is 1.79. The van der Waals surface area contributed by atoms with Gasteiger partial charge in [-0.3, -0.25) is 4.79 Å². The van der Waals surface area contributed by atoms with Crippen molar-refractivity contribution >= 4 is 17.6 Å². The molecule has 0 atom stereocenters. The summed E-state index contributed by atoms with van der Waals surface area (Å²) in [5.41, 5.74) is 2.84. The summed E-state index contributed by atoms with van der Waals surface area (Å²) in [6.07, 6.45) is 0.923. The molecule has 2 aromatic rings. The van der Waals surface area contributed by atoms with Gasteiger partial charge in [-0.25, -0.2) is 4.99 Å². The van der Waals surface area contributed by atoms with Gasteiger partial charge in [0.2, 0.25) is 0 Å². The van der Waals surface area contributed by atoms with Crippen LogP contribution in [0.1, 0.15) is 36.2 Å². The maximum absolute atomic E-state index is 12.3. The summed E-state index contributed by atoms with van der Waals surface area (Å²) in [6.45, 7) is 9.72. The Kier molecular flexibility index (Phi) is 8.78. The Morgan fingerprint density at radius 3 is 2.53 bits per heavy atom. The summed E-state index contributed by atoms with van der Waals surface area (Å²) >= 11 is 0. The number of hydrogen-bond acceptors (Lipinski definition) is 4. The maximum atomic E-state index is 12.3. The highest BCUT2D eigenvalue weighted by molar-refractivity contribution is 5.94. The van der Waals surface area contributed by atoms with E-state index in [-0.39, 0.29) is 5.91 Å². The lowest BCUT2D eigenvalue weighted by atomic mass is 10.1. The third kappa shape index (κ3) is 6.15. The highest BCUT2D eigenvalue weighted by atomic mass is 16.5. The number of carbonyl (C=O) groups is 1. The first-order valence-corrected chi connectivity index (χ1v) is 11.4. The van der Waals surface area contributed by atoms with Gasteiger partial charge < -0.3 is 25.2 Å². The van der Waals surface area contributed by atoms with Crippen LogP contribution in [-0.2, 0) is 6.54 Å². The highest BCUT2D eigenvalue weighted by Gasteiger charge is 2.21. The van der Waals surface area contributed by atoms with Crippen LogP contribution in [0.5, 0.6) is 5.75 Å². The van der Waals surface area contributed by atoms with Crippen LogP contribution in [0.15, 0.2) is 53.5 Å². The Morgan fingerprint density at radius 2 is 1.81 bits per heavy atom. The summed E-state index contributed by atoms with van der Waals surface area (Å²) in [7, 11) is 1.72. The summed E-state index contributed by atoms with van der Waals surface area (Å²) in [4.78, 5) is 21.8. The zero-order chi connectivity index (χ0) is 22.8. The predicted octanol–water partition coefficient (Wildman–Crippen LogP) is 3.12. The van der Waals surface area contributed by atoms with Crippen molar-refractivity contribution in [1.29, 1.82) is 0 Å². The van der Waals surface area contributed by atoms with E-state index in [1.807, 2.05) is 49.4 Å². The third-order valence-corrected chi connectivity index (χ3v) is 5.48. The number of amides is 1. The molecule has 1 aliphatic rings. The van der Waals surface area contributed by atoms with Gasteiger partial charge in [0.05, 0.1) is 19.3 Å². The first-order valence-electron chi connectivity index (χ1n) is 11.4. The van der Waals surface area contributed by atoms with Gasteiger partial charge in [0, 0.05) is 44.8 Å². The third-order valence-electron chi connectivity index (χ3n) is 5.48. The minimum Gasteiger partial charge on any atom is -0.495 e. The minimum absolute atomic E-state index is 0.0305. The maximum Gasteiger partial charge on any atom is 0.251 e. The van der Waals surface area contributed by atoms with Gasteiger partial charge in [-0.1, -0.05) is 31.2 Å². The van der Waals surface area contributed by atoms with Gasteiger partial charge in [-0.15, -0.1) is 0 Å². The fourth-order valence-corrected chi connectivity index (χ4v) is 3.79. The number of methoxy groups -OCH3 is 1. The first kappa shape index (κ1) is 23.4. The van der Waals surface area contributed by atoms with E-state index < -0.39 is 0 Å². The van der Waals surface area contributed by atoms with Crippen molar-refractivity contribution in [3.63, 3.8) is 0 Å². The standard InChI is InChI=1S/C25H35N5O2/c1-4-13-27-24(31)21-10-8-9-20(18-21)19-28-25(26-5-2)30-16-14-29(15-17-30)22-11-6-7-12-23(22)32-3/h6-12,18H,4-5,13-17,19H2,1-3H3,(H,26,28)(H,27,31). The molecule has 172 valence electrons. The number of rotatable bonds is 8. The molecule has 1 aliphatic heterocycles. The van der Waals surface area contributed by atoms with E-state index in [9.17, 15) is 4.79 Å². The molecule has 32 heavy (non-hydrogen) atoms. The van der Waals surface area contributed by atoms with Crippen molar-refractivity contribution in [2.24, 2.45) is 4.99 Å². The average molecular weight is 438 g/mol. The Hall–Kier alpha value is -3.22. The number of para-hydroxylation sites is 2. The Balaban J connectivity index is 1.64. The van der Waals surface area contributed by atoms with Crippen molar-refractivity contribution in [2.75, 3.05) is 51.3 Å². The van der Waals surface area contributed by atoms with E-state index in [1.54, 1.807) is 7.11 Å². The number of aliphatic imine (C=N–C) groups is 1. The quantitative estimate of drug-likeness (QED) is 0.491. The van der Waals surface area contributed by atoms with Crippen molar-refractivity contribution in [1.82, 2.24) is 15.5 Å². The number of piperazine rings is 1. The molecule has 0 radical (unpaired) electrons. The summed E-state index contributed by atoms with van der Waals surface area (Å²) in [6, 6.07) is 15.9. The normalized spacial score (nSPS) is 14.3. The molecular formula is C25H35N5O2. The number of carbonyl (C=O) groups excluding carboxylic acids is 1. The molecule has 0 saturated carbocycles. The molecule has 2 aromatic carbocycles. The molecule has 1 amide bonds. The van der Waals surface area contributed by atoms with E-state index in [0.717, 1.165) is 62.1 Å². The van der Waals surface area contributed by atoms with Crippen LogP contribution in [0.25, 0.3) is 0 Å². The molecule has 0 unspecified atom stereocenters. The molecule has 0 bridgehead atoms. The van der Waals surface area contributed by atoms with Gasteiger partial charge in [-0.05, 0) is 43.2 Å². The van der Waals surface area contributed by atoms with Crippen LogP contribution in [-0.4, -0.2) is 63.1 Å². The van der Waals surface area contributed by atoms with Gasteiger partial charge in [0.1, 0.15) is 5.75 Å². The molecule has 2 N–H and O–H groups in total. The van der Waals surface area contributed by atoms with Crippen LogP contribution >= 0.6 is 0 Å². The van der Waals surface area contributed by atoms with Crippen molar-refractivity contribution in [3.8, 4) is 5.75 Å². The van der Waals surface area contributed by atoms with E-state index in [1.165, 1.54) is 0 Å². The summed E-state index contributed by atoms with van der Waals surface area (Å²) in [5, 5.41) is 6.35. The molecule has 0 aromatic heterocycles. The van der Waals surface area contributed by atoms with Crippen LogP contribution in [0.3, 0.4) is 0 Å². The molecule has 7 heteroatoms. The Bertz CT molecular complexity index is 907. The second-order valence-corrected chi connectivity index (χ2v) is 7.77. The number of nitrogens with zero attached hydrogens (tertiary/aromatic N) is 3. The average Bonchev–Trinajstić information content (AvgIpc) is 2.85. The van der Waals surface area contributed by atoms with Crippen LogP contribution in [0.4, 0.5) is 5.69 Å². The largest absolute Gasteiger partial charge is 0.495 e. The highest BCUT2D eigenvalue weighted by Crippen LogP contribution is 2.28. The lowest BCUT2D eigenvalue weighted by Crippen LogP contribution is -2.52. The number of nitrogens with one attached hydrogen (secondary N) is 2. The molecule has 1 heterocycles. The predicted molar refractivity (Wildman–Crippen MR) is 131 cm³/mol. The van der Waals surface area contributed by atoms with Gasteiger partial charge in [0.15, 0.2) is 5.96 Å². The van der Waals surface area contributed by atoms with Gasteiger partial charge in [0.25, 0.3) is 5.91 Å². The number of benzene rings is 2.